The van der Waals surface area contributed by atoms with Crippen molar-refractivity contribution in [1.29, 1.82) is 0 Å². The number of Topliss-reactive ketones (excluding diaryl/α,β-unsaturated/α-hetero) is 1. The molecule has 0 amide bonds. The molecule has 3 aliphatic heterocycles. The largest absolute Gasteiger partial charge is 0.478 e. The zero-order valence-corrected chi connectivity index (χ0v) is 18.1. The molecule has 0 saturated carbocycles. The van der Waals surface area contributed by atoms with Crippen LogP contribution in [0.15, 0.2) is 27.5 Å². The van der Waals surface area contributed by atoms with Crippen LogP contribution in [0.4, 0.5) is 15.8 Å². The molecule has 30 heavy (non-hydrogen) atoms. The Morgan fingerprint density at radius 2 is 2.07 bits per heavy atom. The van der Waals surface area contributed by atoms with Gasteiger partial charge in [0, 0.05) is 61.2 Å². The lowest BCUT2D eigenvalue weighted by Crippen LogP contribution is -2.52. The number of rotatable bonds is 3. The van der Waals surface area contributed by atoms with Gasteiger partial charge >= 0.3 is 5.97 Å². The Balaban J connectivity index is 1.72. The molecule has 1 fully saturated rings. The molecule has 4 aliphatic rings. The highest BCUT2D eigenvalue weighted by molar-refractivity contribution is 8.06. The second-order valence-electron chi connectivity index (χ2n) is 8.48. The number of allylic oxidation sites excluding steroid dienone is 1. The Bertz CT molecular complexity index is 1050. The van der Waals surface area contributed by atoms with Crippen LogP contribution in [0.5, 0.6) is 0 Å². The van der Waals surface area contributed by atoms with Gasteiger partial charge in [-0.2, -0.15) is 0 Å². The van der Waals surface area contributed by atoms with E-state index >= 15 is 4.39 Å². The normalized spacial score (nSPS) is 25.6. The number of carbonyl (C=O) groups excluding carboxylic acids is 1. The standard InChI is InChI=1S/C22H24FN3O3S/c1-4-12-9-26(6-5-24(12)2)18-14(23)7-13-16-15-11(8-25(3)19(16)18)10-30-21(15)17(20(13)27)22(28)29/h7,10,12,15H,4-6,8-9H2,1-3H3,(H,28,29). The molecule has 1 aliphatic carbocycles. The highest BCUT2D eigenvalue weighted by Crippen LogP contribution is 2.58. The number of thioether (sulfide) groups is 1. The molecule has 2 atom stereocenters. The highest BCUT2D eigenvalue weighted by atomic mass is 32.2. The fourth-order valence-corrected chi connectivity index (χ4v) is 6.48. The minimum atomic E-state index is -1.24. The van der Waals surface area contributed by atoms with Crippen molar-refractivity contribution in [3.63, 3.8) is 0 Å². The second kappa shape index (κ2) is 6.85. The van der Waals surface area contributed by atoms with Crippen molar-refractivity contribution in [3.05, 3.63) is 44.5 Å². The topological polar surface area (TPSA) is 64.1 Å². The molecule has 158 valence electrons. The number of aliphatic carboxylic acids is 1. The molecule has 6 nitrogen and oxygen atoms in total. The summed E-state index contributed by atoms with van der Waals surface area (Å²) in [7, 11) is 4.02. The number of anilines is 2. The molecule has 0 radical (unpaired) electrons. The van der Waals surface area contributed by atoms with Gasteiger partial charge in [0.05, 0.1) is 11.4 Å². The van der Waals surface area contributed by atoms with Crippen LogP contribution in [0.1, 0.15) is 35.2 Å². The van der Waals surface area contributed by atoms with Crippen LogP contribution < -0.4 is 9.80 Å². The van der Waals surface area contributed by atoms with Gasteiger partial charge < -0.3 is 14.9 Å². The lowest BCUT2D eigenvalue weighted by molar-refractivity contribution is -0.132. The molecule has 1 aromatic rings. The fraction of sp³-hybridized carbons (Fsp3) is 0.455. The fourth-order valence-electron chi connectivity index (χ4n) is 5.29. The predicted molar refractivity (Wildman–Crippen MR) is 116 cm³/mol. The van der Waals surface area contributed by atoms with Crippen molar-refractivity contribution in [2.24, 2.45) is 0 Å². The minimum absolute atomic E-state index is 0.193. The molecule has 1 N–H and O–H groups in total. The van der Waals surface area contributed by atoms with Gasteiger partial charge in [-0.25, -0.2) is 9.18 Å². The summed E-state index contributed by atoms with van der Waals surface area (Å²) < 4.78 is 15.6. The molecule has 0 aromatic heterocycles. The van der Waals surface area contributed by atoms with Crippen LogP contribution >= 0.6 is 11.8 Å². The highest BCUT2D eigenvalue weighted by Gasteiger charge is 2.47. The molecule has 2 unspecified atom stereocenters. The van der Waals surface area contributed by atoms with E-state index in [1.54, 1.807) is 0 Å². The predicted octanol–water partition coefficient (Wildman–Crippen LogP) is 3.06. The lowest BCUT2D eigenvalue weighted by Gasteiger charge is -2.44. The Morgan fingerprint density at radius 3 is 2.77 bits per heavy atom. The number of hydrogen-bond donors (Lipinski definition) is 1. The number of carboxylic acids is 1. The summed E-state index contributed by atoms with van der Waals surface area (Å²) in [5.41, 5.74) is 3.11. The van der Waals surface area contributed by atoms with E-state index in [4.69, 9.17) is 0 Å². The van der Waals surface area contributed by atoms with E-state index in [1.807, 2.05) is 17.4 Å². The summed E-state index contributed by atoms with van der Waals surface area (Å²) in [6, 6.07) is 1.61. The van der Waals surface area contributed by atoms with Crippen molar-refractivity contribution in [2.75, 3.05) is 50.1 Å². The van der Waals surface area contributed by atoms with Gasteiger partial charge in [0.25, 0.3) is 0 Å². The van der Waals surface area contributed by atoms with Crippen molar-refractivity contribution in [2.45, 2.75) is 25.3 Å². The van der Waals surface area contributed by atoms with Crippen LogP contribution in [-0.2, 0) is 4.79 Å². The first-order valence-corrected chi connectivity index (χ1v) is 11.1. The minimum Gasteiger partial charge on any atom is -0.478 e. The van der Waals surface area contributed by atoms with E-state index in [1.165, 1.54) is 17.8 Å². The van der Waals surface area contributed by atoms with Crippen molar-refractivity contribution in [3.8, 4) is 0 Å². The van der Waals surface area contributed by atoms with Crippen LogP contribution in [0.2, 0.25) is 0 Å². The second-order valence-corrected chi connectivity index (χ2v) is 9.39. The third kappa shape index (κ3) is 2.59. The Morgan fingerprint density at radius 1 is 1.30 bits per heavy atom. The van der Waals surface area contributed by atoms with Crippen molar-refractivity contribution in [1.82, 2.24) is 4.90 Å². The molecule has 0 spiro atoms. The molecule has 1 saturated heterocycles. The molecule has 1 aromatic carbocycles. The van der Waals surface area contributed by atoms with Gasteiger partial charge in [-0.15, -0.1) is 11.8 Å². The van der Waals surface area contributed by atoms with Gasteiger partial charge in [-0.3, -0.25) is 9.69 Å². The van der Waals surface area contributed by atoms with E-state index in [0.717, 1.165) is 36.3 Å². The first kappa shape index (κ1) is 19.6. The maximum atomic E-state index is 15.6. The summed E-state index contributed by atoms with van der Waals surface area (Å²) in [6.45, 7) is 5.01. The molecular formula is C22H24FN3O3S. The first-order chi connectivity index (χ1) is 14.3. The Kier molecular flexibility index (Phi) is 4.48. The van der Waals surface area contributed by atoms with E-state index in [2.05, 4.69) is 23.8 Å². The number of benzene rings is 1. The maximum absolute atomic E-state index is 15.6. The number of ketones is 1. The zero-order chi connectivity index (χ0) is 21.3. The number of hydrogen-bond acceptors (Lipinski definition) is 6. The van der Waals surface area contributed by atoms with Crippen LogP contribution in [0.3, 0.4) is 0 Å². The van der Waals surface area contributed by atoms with Gasteiger partial charge in [0.1, 0.15) is 11.4 Å². The number of halogens is 1. The number of carboxylic acid groups (broad SMARTS) is 1. The summed E-state index contributed by atoms with van der Waals surface area (Å²) in [6.07, 6.45) is 0.976. The van der Waals surface area contributed by atoms with E-state index in [9.17, 15) is 14.7 Å². The summed E-state index contributed by atoms with van der Waals surface area (Å²) >= 11 is 1.32. The van der Waals surface area contributed by atoms with Crippen LogP contribution in [0, 0.1) is 5.82 Å². The van der Waals surface area contributed by atoms with Gasteiger partial charge in [-0.1, -0.05) is 6.92 Å². The summed E-state index contributed by atoms with van der Waals surface area (Å²) in [4.78, 5) is 31.9. The number of likely N-dealkylation sites (N-methyl/N-ethyl adjacent to an activating group) is 2. The third-order valence-electron chi connectivity index (χ3n) is 6.82. The first-order valence-electron chi connectivity index (χ1n) is 10.2. The number of nitrogens with zero attached hydrogens (tertiary/aromatic N) is 3. The zero-order valence-electron chi connectivity index (χ0n) is 17.2. The molecule has 5 rings (SSSR count). The average molecular weight is 430 g/mol. The van der Waals surface area contributed by atoms with Gasteiger partial charge in [0.15, 0.2) is 0 Å². The molecule has 0 bridgehead atoms. The summed E-state index contributed by atoms with van der Waals surface area (Å²) in [5.74, 6) is -2.53. The monoisotopic (exact) mass is 429 g/mol. The number of piperazine rings is 1. The van der Waals surface area contributed by atoms with Crippen LogP contribution in [-0.4, -0.2) is 68.1 Å². The van der Waals surface area contributed by atoms with Crippen molar-refractivity contribution >= 4 is 34.9 Å². The lowest BCUT2D eigenvalue weighted by atomic mass is 9.75. The quantitative estimate of drug-likeness (QED) is 0.741. The Labute approximate surface area is 179 Å². The van der Waals surface area contributed by atoms with E-state index in [0.29, 0.717) is 29.7 Å². The Hall–Kier alpha value is -2.32. The third-order valence-corrected chi connectivity index (χ3v) is 7.94. The smallest absolute Gasteiger partial charge is 0.340 e. The van der Waals surface area contributed by atoms with Crippen LogP contribution in [0.25, 0.3) is 0 Å². The molecule has 8 heteroatoms. The maximum Gasteiger partial charge on any atom is 0.340 e. The summed E-state index contributed by atoms with van der Waals surface area (Å²) in [5, 5.41) is 11.6. The van der Waals surface area contributed by atoms with E-state index in [-0.39, 0.29) is 17.1 Å². The van der Waals surface area contributed by atoms with E-state index < -0.39 is 17.6 Å². The van der Waals surface area contributed by atoms with Crippen molar-refractivity contribution < 1.29 is 19.1 Å². The SMILES string of the molecule is CCC1CN(c2c(F)cc3c4c2N(C)CC2=CSC(=C(C(=O)O)C3=O)C24)CCN1C. The number of carbonyl (C=O) groups is 2. The average Bonchev–Trinajstić information content (AvgIpc) is 3.11. The molecular weight excluding hydrogens is 405 g/mol. The van der Waals surface area contributed by atoms with Gasteiger partial charge in [0.2, 0.25) is 5.78 Å². The molecule has 3 heterocycles. The van der Waals surface area contributed by atoms with Gasteiger partial charge in [-0.05, 0) is 30.5 Å².